The second-order valence-electron chi connectivity index (χ2n) is 4.79. The van der Waals surface area contributed by atoms with E-state index in [1.807, 2.05) is 6.92 Å². The van der Waals surface area contributed by atoms with Crippen molar-refractivity contribution in [1.82, 2.24) is 10.2 Å². The predicted octanol–water partition coefficient (Wildman–Crippen LogP) is 1.08. The molecule has 1 fully saturated rings. The number of rotatable bonds is 3. The lowest BCUT2D eigenvalue weighted by Crippen LogP contribution is -2.53. The monoisotopic (exact) mass is 265 g/mol. The molecule has 5 heteroatoms. The van der Waals surface area contributed by atoms with Gasteiger partial charge in [0.15, 0.2) is 0 Å². The summed E-state index contributed by atoms with van der Waals surface area (Å²) in [5.41, 5.74) is 1.04. The topological polar surface area (TPSA) is 35.6 Å². The molecule has 0 saturated carbocycles. The summed E-state index contributed by atoms with van der Waals surface area (Å²) >= 11 is 0. The molecule has 0 bridgehead atoms. The molecule has 1 aromatic rings. The van der Waals surface area contributed by atoms with Crippen molar-refractivity contribution in [2.75, 3.05) is 38.1 Å². The average Bonchev–Trinajstić information content (AvgIpc) is 2.46. The molecule has 1 aliphatic rings. The quantitative estimate of drug-likeness (QED) is 0.888. The van der Waals surface area contributed by atoms with Crippen LogP contribution in [0.15, 0.2) is 24.3 Å². The van der Waals surface area contributed by atoms with Crippen LogP contribution < -0.4 is 10.2 Å². The zero-order chi connectivity index (χ0) is 13.8. The fourth-order valence-corrected chi connectivity index (χ4v) is 2.39. The van der Waals surface area contributed by atoms with Crippen LogP contribution in [0.2, 0.25) is 0 Å². The maximum Gasteiger partial charge on any atom is 0.236 e. The first-order chi connectivity index (χ1) is 9.11. The van der Waals surface area contributed by atoms with Crippen LogP contribution in [0.25, 0.3) is 0 Å². The van der Waals surface area contributed by atoms with Crippen LogP contribution in [-0.2, 0) is 4.79 Å². The first kappa shape index (κ1) is 13.8. The molecule has 1 aliphatic heterocycles. The fraction of sp³-hybridized carbons (Fsp3) is 0.500. The minimum Gasteiger partial charge on any atom is -0.369 e. The molecule has 0 radical (unpaired) electrons. The number of halogens is 1. The van der Waals surface area contributed by atoms with E-state index in [0.29, 0.717) is 0 Å². The van der Waals surface area contributed by atoms with Crippen LogP contribution in [0.5, 0.6) is 0 Å². The summed E-state index contributed by atoms with van der Waals surface area (Å²) in [5.74, 6) is -0.161. The molecule has 1 atom stereocenters. The zero-order valence-electron chi connectivity index (χ0n) is 11.4. The van der Waals surface area contributed by atoms with Gasteiger partial charge in [-0.25, -0.2) is 4.39 Å². The normalized spacial score (nSPS) is 18.2. The Balaban J connectivity index is 1.92. The van der Waals surface area contributed by atoms with E-state index in [1.54, 1.807) is 19.2 Å². The maximum atomic E-state index is 12.9. The van der Waals surface area contributed by atoms with Crippen LogP contribution in [-0.4, -0.2) is 50.1 Å². The third-order valence-corrected chi connectivity index (χ3v) is 3.68. The Morgan fingerprint density at radius 3 is 2.32 bits per heavy atom. The van der Waals surface area contributed by atoms with E-state index in [-0.39, 0.29) is 17.8 Å². The lowest BCUT2D eigenvalue weighted by molar-refractivity contribution is -0.125. The summed E-state index contributed by atoms with van der Waals surface area (Å²) in [6.45, 7) is 5.31. The summed E-state index contributed by atoms with van der Waals surface area (Å²) in [6, 6.07) is 6.46. The van der Waals surface area contributed by atoms with Crippen molar-refractivity contribution in [3.63, 3.8) is 0 Å². The molecule has 1 saturated heterocycles. The third-order valence-electron chi connectivity index (χ3n) is 3.68. The van der Waals surface area contributed by atoms with E-state index in [9.17, 15) is 9.18 Å². The van der Waals surface area contributed by atoms with E-state index < -0.39 is 0 Å². The minimum atomic E-state index is -0.212. The molecule has 2 rings (SSSR count). The summed E-state index contributed by atoms with van der Waals surface area (Å²) in [5, 5.41) is 2.68. The van der Waals surface area contributed by atoms with E-state index in [1.165, 1.54) is 12.1 Å². The number of nitrogens with zero attached hydrogens (tertiary/aromatic N) is 2. The van der Waals surface area contributed by atoms with Gasteiger partial charge in [0.25, 0.3) is 0 Å². The number of hydrogen-bond acceptors (Lipinski definition) is 3. The van der Waals surface area contributed by atoms with Crippen molar-refractivity contribution in [3.8, 4) is 0 Å². The molecule has 1 unspecified atom stereocenters. The number of anilines is 1. The second-order valence-corrected chi connectivity index (χ2v) is 4.79. The number of piperazine rings is 1. The van der Waals surface area contributed by atoms with E-state index in [0.717, 1.165) is 31.9 Å². The average molecular weight is 265 g/mol. The number of carbonyl (C=O) groups is 1. The largest absolute Gasteiger partial charge is 0.369 e. The molecule has 104 valence electrons. The van der Waals surface area contributed by atoms with Crippen molar-refractivity contribution in [2.24, 2.45) is 0 Å². The number of hydrogen-bond donors (Lipinski definition) is 1. The Hall–Kier alpha value is -1.62. The van der Waals surface area contributed by atoms with Gasteiger partial charge in [-0.3, -0.25) is 9.69 Å². The highest BCUT2D eigenvalue weighted by Gasteiger charge is 2.24. The molecule has 1 amide bonds. The Morgan fingerprint density at radius 2 is 1.79 bits per heavy atom. The molecule has 1 heterocycles. The number of carbonyl (C=O) groups excluding carboxylic acids is 1. The summed E-state index contributed by atoms with van der Waals surface area (Å²) in [4.78, 5) is 16.0. The van der Waals surface area contributed by atoms with Gasteiger partial charge in [-0.05, 0) is 31.2 Å². The Kier molecular flexibility index (Phi) is 4.37. The molecule has 19 heavy (non-hydrogen) atoms. The van der Waals surface area contributed by atoms with Gasteiger partial charge in [0.05, 0.1) is 6.04 Å². The molecule has 4 nitrogen and oxygen atoms in total. The van der Waals surface area contributed by atoms with E-state index in [2.05, 4.69) is 15.1 Å². The van der Waals surface area contributed by atoms with Gasteiger partial charge in [-0.15, -0.1) is 0 Å². The summed E-state index contributed by atoms with van der Waals surface area (Å²) in [6.07, 6.45) is 0. The van der Waals surface area contributed by atoms with Crippen LogP contribution in [0.3, 0.4) is 0 Å². The summed E-state index contributed by atoms with van der Waals surface area (Å²) in [7, 11) is 1.66. The van der Waals surface area contributed by atoms with Crippen molar-refractivity contribution >= 4 is 11.6 Å². The predicted molar refractivity (Wildman–Crippen MR) is 73.7 cm³/mol. The molecule has 0 aromatic heterocycles. The van der Waals surface area contributed by atoms with Gasteiger partial charge in [0, 0.05) is 38.9 Å². The Labute approximate surface area is 113 Å². The molecule has 1 N–H and O–H groups in total. The van der Waals surface area contributed by atoms with Crippen LogP contribution in [0.1, 0.15) is 6.92 Å². The molecule has 0 spiro atoms. The van der Waals surface area contributed by atoms with Gasteiger partial charge in [0.1, 0.15) is 5.82 Å². The van der Waals surface area contributed by atoms with Crippen molar-refractivity contribution in [1.29, 1.82) is 0 Å². The highest BCUT2D eigenvalue weighted by molar-refractivity contribution is 5.81. The third kappa shape index (κ3) is 3.23. The van der Waals surface area contributed by atoms with Gasteiger partial charge >= 0.3 is 0 Å². The molecular weight excluding hydrogens is 245 g/mol. The molecule has 0 aliphatic carbocycles. The minimum absolute atomic E-state index is 0.0511. The molecular formula is C14H20FN3O. The first-order valence-corrected chi connectivity index (χ1v) is 6.58. The summed E-state index contributed by atoms with van der Waals surface area (Å²) < 4.78 is 12.9. The fourth-order valence-electron chi connectivity index (χ4n) is 2.39. The molecule has 1 aromatic carbocycles. The lowest BCUT2D eigenvalue weighted by Gasteiger charge is -2.38. The lowest BCUT2D eigenvalue weighted by atomic mass is 10.2. The second kappa shape index (κ2) is 6.02. The van der Waals surface area contributed by atoms with Gasteiger partial charge in [-0.2, -0.15) is 0 Å². The Bertz CT molecular complexity index is 427. The van der Waals surface area contributed by atoms with Gasteiger partial charge in [0.2, 0.25) is 5.91 Å². The van der Waals surface area contributed by atoms with Crippen LogP contribution >= 0.6 is 0 Å². The van der Waals surface area contributed by atoms with Gasteiger partial charge in [-0.1, -0.05) is 0 Å². The zero-order valence-corrected chi connectivity index (χ0v) is 11.4. The maximum absolute atomic E-state index is 12.9. The van der Waals surface area contributed by atoms with E-state index >= 15 is 0 Å². The Morgan fingerprint density at radius 1 is 1.21 bits per heavy atom. The number of benzene rings is 1. The van der Waals surface area contributed by atoms with Gasteiger partial charge < -0.3 is 10.2 Å². The highest BCUT2D eigenvalue weighted by atomic mass is 19.1. The van der Waals surface area contributed by atoms with E-state index in [4.69, 9.17) is 0 Å². The number of likely N-dealkylation sites (N-methyl/N-ethyl adjacent to an activating group) is 1. The van der Waals surface area contributed by atoms with Crippen LogP contribution in [0, 0.1) is 5.82 Å². The standard InChI is InChI=1S/C14H20FN3O/c1-11(14(19)16-2)17-7-9-18(10-8-17)13-5-3-12(15)4-6-13/h3-6,11H,7-10H2,1-2H3,(H,16,19). The smallest absolute Gasteiger partial charge is 0.236 e. The first-order valence-electron chi connectivity index (χ1n) is 6.58. The van der Waals surface area contributed by atoms with Crippen molar-refractivity contribution < 1.29 is 9.18 Å². The van der Waals surface area contributed by atoms with Crippen molar-refractivity contribution in [3.05, 3.63) is 30.1 Å². The van der Waals surface area contributed by atoms with Crippen LogP contribution in [0.4, 0.5) is 10.1 Å². The number of amides is 1. The highest BCUT2D eigenvalue weighted by Crippen LogP contribution is 2.17. The number of nitrogens with one attached hydrogen (secondary N) is 1. The van der Waals surface area contributed by atoms with Crippen molar-refractivity contribution in [2.45, 2.75) is 13.0 Å². The SMILES string of the molecule is CNC(=O)C(C)N1CCN(c2ccc(F)cc2)CC1.